The molecule has 1 aromatic heterocycles. The normalized spacial score (nSPS) is 10.2. The van der Waals surface area contributed by atoms with Crippen LogP contribution in [0.3, 0.4) is 0 Å². The first kappa shape index (κ1) is 13.7. The van der Waals surface area contributed by atoms with Gasteiger partial charge in [0.2, 0.25) is 5.75 Å². The monoisotopic (exact) mass is 278 g/mol. The number of nitrogens with two attached hydrogens (primary N) is 1. The molecule has 0 spiro atoms. The highest BCUT2D eigenvalue weighted by Gasteiger charge is 2.20. The zero-order valence-corrected chi connectivity index (χ0v) is 11.3. The molecule has 0 radical (unpaired) electrons. The summed E-state index contributed by atoms with van der Waals surface area (Å²) in [6.07, 6.45) is 1.15. The minimum absolute atomic E-state index is 0.0410. The lowest BCUT2D eigenvalue weighted by Crippen LogP contribution is -2.12. The standard InChI is InChI=1S/C13H14N2O5/c1-17-8-4-7(5-9(18-2)12(8)19-3)11-10(13(14)16)15-6-20-11/h4-6H,1-3H3,(H2,14,16). The van der Waals surface area contributed by atoms with E-state index < -0.39 is 5.91 Å². The molecule has 2 aromatic rings. The van der Waals surface area contributed by atoms with E-state index in [-0.39, 0.29) is 11.5 Å². The second kappa shape index (κ2) is 5.52. The topological polar surface area (TPSA) is 96.8 Å². The maximum Gasteiger partial charge on any atom is 0.271 e. The fraction of sp³-hybridized carbons (Fsp3) is 0.231. The van der Waals surface area contributed by atoms with E-state index in [9.17, 15) is 4.79 Å². The van der Waals surface area contributed by atoms with Crippen LogP contribution in [0.2, 0.25) is 0 Å². The van der Waals surface area contributed by atoms with Gasteiger partial charge in [-0.15, -0.1) is 0 Å². The van der Waals surface area contributed by atoms with E-state index in [2.05, 4.69) is 4.98 Å². The summed E-state index contributed by atoms with van der Waals surface area (Å²) in [5.74, 6) is 0.889. The smallest absolute Gasteiger partial charge is 0.271 e. The molecule has 0 atom stereocenters. The molecule has 0 aliphatic rings. The fourth-order valence-corrected chi connectivity index (χ4v) is 1.84. The van der Waals surface area contributed by atoms with Crippen molar-refractivity contribution < 1.29 is 23.4 Å². The Morgan fingerprint density at radius 2 is 1.75 bits per heavy atom. The molecule has 7 heteroatoms. The number of nitrogens with zero attached hydrogens (tertiary/aromatic N) is 1. The summed E-state index contributed by atoms with van der Waals surface area (Å²) in [7, 11) is 4.50. The van der Waals surface area contributed by atoms with Crippen LogP contribution < -0.4 is 19.9 Å². The van der Waals surface area contributed by atoms with Gasteiger partial charge in [-0.3, -0.25) is 4.79 Å². The van der Waals surface area contributed by atoms with Crippen LogP contribution in [0, 0.1) is 0 Å². The van der Waals surface area contributed by atoms with E-state index in [1.165, 1.54) is 21.3 Å². The Balaban J connectivity index is 2.63. The van der Waals surface area contributed by atoms with Gasteiger partial charge in [0.15, 0.2) is 29.3 Å². The molecule has 0 aliphatic heterocycles. The number of ether oxygens (including phenoxy) is 3. The van der Waals surface area contributed by atoms with Gasteiger partial charge in [0.1, 0.15) is 0 Å². The van der Waals surface area contributed by atoms with Crippen molar-refractivity contribution in [1.82, 2.24) is 4.98 Å². The van der Waals surface area contributed by atoms with Crippen molar-refractivity contribution in [1.29, 1.82) is 0 Å². The molecule has 2 N–H and O–H groups in total. The van der Waals surface area contributed by atoms with Crippen LogP contribution in [0.4, 0.5) is 0 Å². The predicted octanol–water partition coefficient (Wildman–Crippen LogP) is 1.47. The summed E-state index contributed by atoms with van der Waals surface area (Å²) in [6, 6.07) is 3.29. The van der Waals surface area contributed by atoms with E-state index in [1.54, 1.807) is 12.1 Å². The fourth-order valence-electron chi connectivity index (χ4n) is 1.84. The molecule has 0 bridgehead atoms. The van der Waals surface area contributed by atoms with Crippen LogP contribution in [-0.2, 0) is 0 Å². The number of oxazole rings is 1. The first-order valence-corrected chi connectivity index (χ1v) is 5.66. The highest BCUT2D eigenvalue weighted by molar-refractivity contribution is 5.96. The van der Waals surface area contributed by atoms with Gasteiger partial charge in [-0.25, -0.2) is 4.98 Å². The van der Waals surface area contributed by atoms with E-state index in [1.807, 2.05) is 0 Å². The molecular weight excluding hydrogens is 264 g/mol. The van der Waals surface area contributed by atoms with Crippen molar-refractivity contribution in [2.75, 3.05) is 21.3 Å². The first-order valence-electron chi connectivity index (χ1n) is 5.66. The second-order valence-electron chi connectivity index (χ2n) is 3.81. The molecule has 0 saturated carbocycles. The minimum Gasteiger partial charge on any atom is -0.493 e. The Hall–Kier alpha value is -2.70. The largest absolute Gasteiger partial charge is 0.493 e. The Kier molecular flexibility index (Phi) is 3.79. The number of primary amides is 1. The molecular formula is C13H14N2O5. The third kappa shape index (κ3) is 2.25. The lowest BCUT2D eigenvalue weighted by Gasteiger charge is -2.13. The maximum absolute atomic E-state index is 11.3. The molecule has 1 amide bonds. The lowest BCUT2D eigenvalue weighted by molar-refractivity contribution is 0.0996. The van der Waals surface area contributed by atoms with Crippen molar-refractivity contribution >= 4 is 5.91 Å². The molecule has 106 valence electrons. The van der Waals surface area contributed by atoms with Crippen LogP contribution in [0.1, 0.15) is 10.5 Å². The Morgan fingerprint density at radius 1 is 1.15 bits per heavy atom. The van der Waals surface area contributed by atoms with Gasteiger partial charge in [-0.05, 0) is 12.1 Å². The average Bonchev–Trinajstić information content (AvgIpc) is 2.95. The summed E-state index contributed by atoms with van der Waals surface area (Å²) in [5, 5.41) is 0. The van der Waals surface area contributed by atoms with E-state index >= 15 is 0 Å². The molecule has 0 aliphatic carbocycles. The third-order valence-corrected chi connectivity index (χ3v) is 2.73. The summed E-state index contributed by atoms with van der Waals surface area (Å²) >= 11 is 0. The number of amides is 1. The van der Waals surface area contributed by atoms with E-state index in [0.29, 0.717) is 22.8 Å². The summed E-state index contributed by atoms with van der Waals surface area (Å²) < 4.78 is 20.9. The Morgan fingerprint density at radius 3 is 2.20 bits per heavy atom. The lowest BCUT2D eigenvalue weighted by atomic mass is 10.1. The van der Waals surface area contributed by atoms with Crippen LogP contribution in [0.5, 0.6) is 17.2 Å². The van der Waals surface area contributed by atoms with Gasteiger partial charge < -0.3 is 24.4 Å². The van der Waals surface area contributed by atoms with E-state index in [4.69, 9.17) is 24.4 Å². The number of carbonyl (C=O) groups is 1. The van der Waals surface area contributed by atoms with Crippen LogP contribution in [0.25, 0.3) is 11.3 Å². The number of carbonyl (C=O) groups excluding carboxylic acids is 1. The van der Waals surface area contributed by atoms with Crippen molar-refractivity contribution in [3.05, 3.63) is 24.2 Å². The van der Waals surface area contributed by atoms with Gasteiger partial charge in [0, 0.05) is 5.56 Å². The number of aromatic nitrogens is 1. The zero-order chi connectivity index (χ0) is 14.7. The minimum atomic E-state index is -0.678. The second-order valence-corrected chi connectivity index (χ2v) is 3.81. The van der Waals surface area contributed by atoms with Gasteiger partial charge >= 0.3 is 0 Å². The molecule has 7 nitrogen and oxygen atoms in total. The summed E-state index contributed by atoms with van der Waals surface area (Å²) in [4.78, 5) is 15.1. The van der Waals surface area contributed by atoms with Crippen molar-refractivity contribution in [2.45, 2.75) is 0 Å². The zero-order valence-electron chi connectivity index (χ0n) is 11.3. The quantitative estimate of drug-likeness (QED) is 0.889. The highest BCUT2D eigenvalue weighted by atomic mass is 16.5. The summed E-state index contributed by atoms with van der Waals surface area (Å²) in [6.45, 7) is 0. The molecule has 0 unspecified atom stereocenters. The number of hydrogen-bond acceptors (Lipinski definition) is 6. The molecule has 2 rings (SSSR count). The number of methoxy groups -OCH3 is 3. The molecule has 0 saturated heterocycles. The van der Waals surface area contributed by atoms with Crippen molar-refractivity contribution in [3.8, 4) is 28.6 Å². The van der Waals surface area contributed by atoms with Gasteiger partial charge in [0.05, 0.1) is 21.3 Å². The predicted molar refractivity (Wildman–Crippen MR) is 70.1 cm³/mol. The SMILES string of the molecule is COc1cc(-c2ocnc2C(N)=O)cc(OC)c1OC. The van der Waals surface area contributed by atoms with Gasteiger partial charge in [-0.1, -0.05) is 0 Å². The Bertz CT molecular complexity index is 610. The van der Waals surface area contributed by atoms with E-state index in [0.717, 1.165) is 6.39 Å². The van der Waals surface area contributed by atoms with Crippen LogP contribution in [0.15, 0.2) is 22.9 Å². The van der Waals surface area contributed by atoms with Crippen LogP contribution in [-0.4, -0.2) is 32.2 Å². The number of benzene rings is 1. The average molecular weight is 278 g/mol. The molecule has 1 heterocycles. The first-order chi connectivity index (χ1) is 9.62. The molecule has 20 heavy (non-hydrogen) atoms. The Labute approximate surface area is 115 Å². The third-order valence-electron chi connectivity index (χ3n) is 2.73. The number of rotatable bonds is 5. The maximum atomic E-state index is 11.3. The molecule has 1 aromatic carbocycles. The van der Waals surface area contributed by atoms with Crippen LogP contribution >= 0.6 is 0 Å². The highest BCUT2D eigenvalue weighted by Crippen LogP contribution is 2.41. The van der Waals surface area contributed by atoms with Gasteiger partial charge in [-0.2, -0.15) is 0 Å². The van der Waals surface area contributed by atoms with Crippen molar-refractivity contribution in [2.24, 2.45) is 5.73 Å². The van der Waals surface area contributed by atoms with Gasteiger partial charge in [0.25, 0.3) is 5.91 Å². The summed E-state index contributed by atoms with van der Waals surface area (Å²) in [5.41, 5.74) is 5.83. The number of hydrogen-bond donors (Lipinski definition) is 1. The molecule has 0 fully saturated rings. The van der Waals surface area contributed by atoms with Crippen molar-refractivity contribution in [3.63, 3.8) is 0 Å².